The van der Waals surface area contributed by atoms with Crippen LogP contribution in [0.4, 0.5) is 4.79 Å². The Morgan fingerprint density at radius 3 is 1.95 bits per heavy atom. The molecule has 4 fully saturated rings. The van der Waals surface area contributed by atoms with E-state index in [1.165, 1.54) is 73.5 Å². The molecule has 3 saturated carbocycles. The molecule has 7 unspecified atom stereocenters. The summed E-state index contributed by atoms with van der Waals surface area (Å²) in [7, 11) is 1.34. The Balaban J connectivity index is 0.893. The van der Waals surface area contributed by atoms with Gasteiger partial charge in [-0.25, -0.2) is 14.8 Å². The SMILES string of the molecule is CC[C@H](C)C(NC(=O)OC)C(=O)N1C2CC2C[C@H]1c1ncc(-c2ccc(-c3ccc(-c4ccc(-c5cnc(C)[nH]5)c5c4C4CCC5C4)c4c3C3CCC4C3)cc2)[nH]1. The van der Waals surface area contributed by atoms with Crippen LogP contribution in [-0.4, -0.2) is 56.0 Å². The summed E-state index contributed by atoms with van der Waals surface area (Å²) in [6.45, 7) is 6.09. The van der Waals surface area contributed by atoms with Crippen molar-refractivity contribution in [2.24, 2.45) is 11.8 Å². The van der Waals surface area contributed by atoms with Crippen LogP contribution in [0.2, 0.25) is 0 Å². The van der Waals surface area contributed by atoms with Crippen LogP contribution in [0, 0.1) is 18.8 Å². The summed E-state index contributed by atoms with van der Waals surface area (Å²) >= 11 is 0. The second-order valence-electron chi connectivity index (χ2n) is 18.1. The molecule has 9 heteroatoms. The van der Waals surface area contributed by atoms with E-state index in [9.17, 15) is 9.59 Å². The summed E-state index contributed by atoms with van der Waals surface area (Å²) in [6, 6.07) is 18.1. The number of aryl methyl sites for hydroxylation is 1. The normalized spacial score (nSPS) is 26.9. The highest BCUT2D eigenvalue weighted by Gasteiger charge is 2.56. The van der Waals surface area contributed by atoms with Crippen molar-refractivity contribution < 1.29 is 14.3 Å². The zero-order valence-corrected chi connectivity index (χ0v) is 33.4. The number of alkyl carbamates (subject to hydrolysis) is 1. The molecule has 1 saturated heterocycles. The van der Waals surface area contributed by atoms with Gasteiger partial charge in [0.1, 0.15) is 17.7 Å². The number of H-pyrrole nitrogens is 2. The molecule has 11 rings (SSSR count). The Morgan fingerprint density at radius 1 is 0.754 bits per heavy atom. The molecule has 5 aliphatic carbocycles. The molecule has 3 aromatic carbocycles. The second kappa shape index (κ2) is 13.2. The number of nitrogens with one attached hydrogen (secondary N) is 3. The van der Waals surface area contributed by atoms with E-state index < -0.39 is 12.1 Å². The maximum absolute atomic E-state index is 14.1. The predicted molar refractivity (Wildman–Crippen MR) is 221 cm³/mol. The van der Waals surface area contributed by atoms with E-state index in [-0.39, 0.29) is 23.9 Å². The first-order valence-corrected chi connectivity index (χ1v) is 21.5. The van der Waals surface area contributed by atoms with Crippen LogP contribution in [0.3, 0.4) is 0 Å². The van der Waals surface area contributed by atoms with Crippen LogP contribution >= 0.6 is 0 Å². The number of carbonyl (C=O) groups excluding carboxylic acids is 2. The van der Waals surface area contributed by atoms with E-state index in [0.717, 1.165) is 47.9 Å². The second-order valence-corrected chi connectivity index (χ2v) is 18.1. The van der Waals surface area contributed by atoms with E-state index in [4.69, 9.17) is 9.72 Å². The highest BCUT2D eigenvalue weighted by atomic mass is 16.5. The van der Waals surface area contributed by atoms with E-state index in [2.05, 4.69) is 68.8 Å². The lowest BCUT2D eigenvalue weighted by molar-refractivity contribution is -0.137. The molecular formula is C48H52N6O3. The minimum Gasteiger partial charge on any atom is -0.453 e. The molecular weight excluding hydrogens is 709 g/mol. The van der Waals surface area contributed by atoms with Gasteiger partial charge in [0.05, 0.1) is 36.9 Å². The lowest BCUT2D eigenvalue weighted by Gasteiger charge is -2.32. The topological polar surface area (TPSA) is 116 Å². The lowest BCUT2D eigenvalue weighted by Crippen LogP contribution is -2.52. The standard InChI is InChI=1S/C48H52N6O3/c1-5-24(2)45(53-48(56)57-4)47(55)54-39-20-32(39)21-40(54)46-50-22-37(52-46)27-8-6-26(7-9-27)33-14-15-34(42-29-11-10-28(18-29)41(33)42)35-16-17-36(38-23-49-25(3)51-38)44-31-13-12-30(19-31)43(35)44/h6-9,14-17,22-24,28-32,39-40,45H,5,10-13,18-21H2,1-4H3,(H,49,51)(H,50,52)(H,53,56)/t24-,28?,29?,30?,31?,32?,39?,40-,45?/m0/s1. The van der Waals surface area contributed by atoms with Crippen LogP contribution in [0.1, 0.15) is 135 Å². The Labute approximate surface area is 334 Å². The Bertz CT molecular complexity index is 2430. The van der Waals surface area contributed by atoms with Gasteiger partial charge in [-0.05, 0) is 144 Å². The van der Waals surface area contributed by atoms with Gasteiger partial charge in [0.2, 0.25) is 5.91 Å². The molecule has 2 amide bonds. The Kier molecular flexibility index (Phi) is 8.10. The number of nitrogens with zero attached hydrogens (tertiary/aromatic N) is 3. The number of likely N-dealkylation sites (tertiary alicyclic amines) is 1. The molecule has 3 N–H and O–H groups in total. The van der Waals surface area contributed by atoms with Gasteiger partial charge >= 0.3 is 6.09 Å². The molecule has 9 nitrogen and oxygen atoms in total. The number of aromatic nitrogens is 4. The summed E-state index contributed by atoms with van der Waals surface area (Å²) in [5.74, 6) is 4.76. The number of carbonyl (C=O) groups is 2. The number of benzene rings is 3. The monoisotopic (exact) mass is 760 g/mol. The molecule has 6 aliphatic rings. The van der Waals surface area contributed by atoms with Crippen LogP contribution in [0.15, 0.2) is 60.9 Å². The molecule has 9 atom stereocenters. The minimum atomic E-state index is -0.634. The molecule has 3 heterocycles. The van der Waals surface area contributed by atoms with Crippen molar-refractivity contribution in [1.29, 1.82) is 0 Å². The van der Waals surface area contributed by atoms with E-state index >= 15 is 0 Å². The van der Waals surface area contributed by atoms with Crippen molar-refractivity contribution >= 4 is 12.0 Å². The molecule has 2 aromatic heterocycles. The fraction of sp³-hybridized carbons (Fsp3) is 0.458. The first-order chi connectivity index (χ1) is 27.8. The third-order valence-electron chi connectivity index (χ3n) is 15.1. The van der Waals surface area contributed by atoms with Crippen LogP contribution in [0.25, 0.3) is 44.8 Å². The number of hydrogen-bond donors (Lipinski definition) is 3. The van der Waals surface area contributed by atoms with Crippen molar-refractivity contribution in [3.05, 3.63) is 94.8 Å². The van der Waals surface area contributed by atoms with E-state index in [0.29, 0.717) is 29.6 Å². The number of hydrogen-bond acceptors (Lipinski definition) is 5. The largest absolute Gasteiger partial charge is 0.453 e. The smallest absolute Gasteiger partial charge is 0.407 e. The third-order valence-corrected chi connectivity index (χ3v) is 15.1. The van der Waals surface area contributed by atoms with Crippen LogP contribution < -0.4 is 5.32 Å². The van der Waals surface area contributed by atoms with E-state index in [1.54, 1.807) is 22.3 Å². The number of ether oxygens (including phenoxy) is 1. The number of fused-ring (bicyclic) bond motifs is 11. The summed E-state index contributed by atoms with van der Waals surface area (Å²) in [5, 5.41) is 2.83. The molecule has 5 aromatic rings. The Hall–Kier alpha value is -5.18. The van der Waals surface area contributed by atoms with Crippen LogP contribution in [-0.2, 0) is 9.53 Å². The van der Waals surface area contributed by atoms with Gasteiger partial charge in [0.15, 0.2) is 0 Å². The van der Waals surface area contributed by atoms with Gasteiger partial charge in [-0.15, -0.1) is 0 Å². The van der Waals surface area contributed by atoms with Gasteiger partial charge in [0.25, 0.3) is 0 Å². The first-order valence-electron chi connectivity index (χ1n) is 21.5. The average Bonchev–Trinajstić information content (AvgIpc) is 4.03. The van der Waals surface area contributed by atoms with Gasteiger partial charge in [-0.1, -0.05) is 68.8 Å². The number of methoxy groups -OCH3 is 1. The molecule has 1 aliphatic heterocycles. The zero-order valence-electron chi connectivity index (χ0n) is 33.4. The predicted octanol–water partition coefficient (Wildman–Crippen LogP) is 10.3. The molecule has 57 heavy (non-hydrogen) atoms. The third kappa shape index (κ3) is 5.47. The number of amides is 2. The fourth-order valence-corrected chi connectivity index (χ4v) is 12.1. The summed E-state index contributed by atoms with van der Waals surface area (Å²) in [5.41, 5.74) is 16.6. The average molecular weight is 761 g/mol. The summed E-state index contributed by atoms with van der Waals surface area (Å²) in [4.78, 5) is 44.8. The number of rotatable bonds is 9. The number of piperidine rings is 1. The molecule has 0 spiro atoms. The van der Waals surface area contributed by atoms with Crippen LogP contribution in [0.5, 0.6) is 0 Å². The highest BCUT2D eigenvalue weighted by Crippen LogP contribution is 2.62. The maximum Gasteiger partial charge on any atom is 0.407 e. The molecule has 0 radical (unpaired) electrons. The van der Waals surface area contributed by atoms with E-state index in [1.807, 2.05) is 38.1 Å². The fourth-order valence-electron chi connectivity index (χ4n) is 12.1. The summed E-state index contributed by atoms with van der Waals surface area (Å²) in [6.07, 6.45) is 13.7. The maximum atomic E-state index is 14.1. The van der Waals surface area contributed by atoms with Crippen molar-refractivity contribution in [2.45, 2.75) is 120 Å². The highest BCUT2D eigenvalue weighted by molar-refractivity contribution is 5.88. The number of imidazole rings is 2. The van der Waals surface area contributed by atoms with Crippen molar-refractivity contribution in [2.75, 3.05) is 7.11 Å². The number of aromatic amines is 2. The quantitative estimate of drug-likeness (QED) is 0.138. The minimum absolute atomic E-state index is 0.0202. The van der Waals surface area contributed by atoms with Gasteiger partial charge in [-0.2, -0.15) is 0 Å². The Morgan fingerprint density at radius 2 is 1.33 bits per heavy atom. The van der Waals surface area contributed by atoms with Gasteiger partial charge in [-0.3, -0.25) is 4.79 Å². The van der Waals surface area contributed by atoms with Crippen molar-refractivity contribution in [3.63, 3.8) is 0 Å². The van der Waals surface area contributed by atoms with Crippen molar-refractivity contribution in [1.82, 2.24) is 30.2 Å². The van der Waals surface area contributed by atoms with Gasteiger partial charge in [0, 0.05) is 11.6 Å². The van der Waals surface area contributed by atoms with Gasteiger partial charge < -0.3 is 24.9 Å². The van der Waals surface area contributed by atoms with Crippen molar-refractivity contribution in [3.8, 4) is 44.8 Å². The summed E-state index contributed by atoms with van der Waals surface area (Å²) < 4.78 is 4.88. The lowest BCUT2D eigenvalue weighted by atomic mass is 9.77. The first kappa shape index (κ1) is 35.0. The zero-order chi connectivity index (χ0) is 38.7. The molecule has 4 bridgehead atoms. The molecule has 292 valence electrons.